The summed E-state index contributed by atoms with van der Waals surface area (Å²) in [6.45, 7) is 0. The third kappa shape index (κ3) is 2.03. The predicted octanol–water partition coefficient (Wildman–Crippen LogP) is 2.19. The first-order chi connectivity index (χ1) is 6.06. The highest BCUT2D eigenvalue weighted by Gasteiger charge is 2.15. The van der Waals surface area contributed by atoms with Gasteiger partial charge in [0.1, 0.15) is 0 Å². The Morgan fingerprint density at radius 1 is 1.54 bits per heavy atom. The van der Waals surface area contributed by atoms with Gasteiger partial charge in [0.2, 0.25) is 0 Å². The Hall–Kier alpha value is -0.970. The van der Waals surface area contributed by atoms with Crippen LogP contribution in [0.3, 0.4) is 0 Å². The minimum atomic E-state index is -2.86. The fraction of sp³-hybridized carbons (Fsp3) is 0.286. The molecule has 72 valence electrons. The topological polar surface area (TPSA) is 32.9 Å². The first-order valence-electron chi connectivity index (χ1n) is 3.32. The van der Waals surface area contributed by atoms with Gasteiger partial charge in [0.15, 0.2) is 5.82 Å². The monoisotopic (exact) mass is 211 g/mol. The Kier molecular flexibility index (Phi) is 2.98. The number of rotatable bonds is 2. The standard InChI is InChI=1S/C7H5ClF3NO/c8-2-3-1-4(9)7(13)12-5(3)6(10)11/h1,6H,2H2,(H,12,13). The van der Waals surface area contributed by atoms with Gasteiger partial charge in [-0.1, -0.05) is 0 Å². The van der Waals surface area contributed by atoms with Crippen LogP contribution in [-0.2, 0) is 5.88 Å². The van der Waals surface area contributed by atoms with Crippen molar-refractivity contribution in [1.29, 1.82) is 0 Å². The maximum Gasteiger partial charge on any atom is 0.284 e. The van der Waals surface area contributed by atoms with Crippen LogP contribution in [0, 0.1) is 5.82 Å². The lowest BCUT2D eigenvalue weighted by molar-refractivity contribution is 0.144. The van der Waals surface area contributed by atoms with E-state index in [-0.39, 0.29) is 11.4 Å². The van der Waals surface area contributed by atoms with Crippen molar-refractivity contribution in [3.8, 4) is 0 Å². The highest BCUT2D eigenvalue weighted by atomic mass is 35.5. The van der Waals surface area contributed by atoms with Crippen LogP contribution in [-0.4, -0.2) is 4.98 Å². The van der Waals surface area contributed by atoms with Crippen molar-refractivity contribution in [2.45, 2.75) is 12.3 Å². The number of hydrogen-bond donors (Lipinski definition) is 1. The molecule has 13 heavy (non-hydrogen) atoms. The van der Waals surface area contributed by atoms with E-state index in [4.69, 9.17) is 11.6 Å². The van der Waals surface area contributed by atoms with Crippen molar-refractivity contribution in [3.05, 3.63) is 33.5 Å². The quantitative estimate of drug-likeness (QED) is 0.748. The van der Waals surface area contributed by atoms with Gasteiger partial charge < -0.3 is 4.98 Å². The number of alkyl halides is 3. The minimum Gasteiger partial charge on any atom is -0.318 e. The Balaban J connectivity index is 3.33. The van der Waals surface area contributed by atoms with Gasteiger partial charge in [-0.3, -0.25) is 4.79 Å². The lowest BCUT2D eigenvalue weighted by atomic mass is 10.2. The van der Waals surface area contributed by atoms with Crippen LogP contribution >= 0.6 is 11.6 Å². The maximum absolute atomic E-state index is 12.6. The van der Waals surface area contributed by atoms with Crippen LogP contribution in [0.2, 0.25) is 0 Å². The number of aromatic amines is 1. The van der Waals surface area contributed by atoms with E-state index in [1.807, 2.05) is 0 Å². The zero-order valence-electron chi connectivity index (χ0n) is 6.28. The van der Waals surface area contributed by atoms with Crippen LogP contribution in [0.5, 0.6) is 0 Å². The molecule has 2 nitrogen and oxygen atoms in total. The zero-order chi connectivity index (χ0) is 10.0. The normalized spacial score (nSPS) is 10.8. The predicted molar refractivity (Wildman–Crippen MR) is 41.5 cm³/mol. The number of H-pyrrole nitrogens is 1. The fourth-order valence-electron chi connectivity index (χ4n) is 0.864. The molecule has 1 N–H and O–H groups in total. The SMILES string of the molecule is O=c1[nH]c(C(F)F)c(CCl)cc1F. The van der Waals surface area contributed by atoms with E-state index in [1.165, 1.54) is 0 Å². The summed E-state index contributed by atoms with van der Waals surface area (Å²) in [5.41, 5.74) is -1.89. The molecule has 0 atom stereocenters. The smallest absolute Gasteiger partial charge is 0.284 e. The molecular formula is C7H5ClF3NO. The van der Waals surface area contributed by atoms with Gasteiger partial charge in [0.05, 0.1) is 5.69 Å². The summed E-state index contributed by atoms with van der Waals surface area (Å²) in [7, 11) is 0. The van der Waals surface area contributed by atoms with E-state index in [0.717, 1.165) is 0 Å². The van der Waals surface area contributed by atoms with Gasteiger partial charge in [-0.25, -0.2) is 13.2 Å². The van der Waals surface area contributed by atoms with E-state index in [1.54, 1.807) is 4.98 Å². The number of nitrogens with one attached hydrogen (secondary N) is 1. The first kappa shape index (κ1) is 10.1. The molecule has 0 aromatic carbocycles. The Morgan fingerprint density at radius 3 is 2.62 bits per heavy atom. The average Bonchev–Trinajstić information content (AvgIpc) is 2.08. The lowest BCUT2D eigenvalue weighted by Crippen LogP contribution is -2.15. The molecule has 0 fully saturated rings. The van der Waals surface area contributed by atoms with E-state index >= 15 is 0 Å². The second-order valence-corrected chi connectivity index (χ2v) is 2.59. The van der Waals surface area contributed by atoms with Crippen LogP contribution in [0.1, 0.15) is 17.7 Å². The van der Waals surface area contributed by atoms with Gasteiger partial charge in [-0.15, -0.1) is 11.6 Å². The van der Waals surface area contributed by atoms with Crippen LogP contribution in [0.15, 0.2) is 10.9 Å². The molecule has 0 aliphatic heterocycles. The zero-order valence-corrected chi connectivity index (χ0v) is 7.04. The molecule has 0 amide bonds. The molecule has 0 unspecified atom stereocenters. The maximum atomic E-state index is 12.6. The van der Waals surface area contributed by atoms with E-state index in [9.17, 15) is 18.0 Å². The Morgan fingerprint density at radius 2 is 2.15 bits per heavy atom. The molecule has 0 aliphatic rings. The highest BCUT2D eigenvalue weighted by molar-refractivity contribution is 6.17. The lowest BCUT2D eigenvalue weighted by Gasteiger charge is -2.04. The van der Waals surface area contributed by atoms with Crippen LogP contribution in [0.4, 0.5) is 13.2 Å². The van der Waals surface area contributed by atoms with Crippen molar-refractivity contribution in [1.82, 2.24) is 4.98 Å². The van der Waals surface area contributed by atoms with Gasteiger partial charge in [-0.05, 0) is 11.6 Å². The van der Waals surface area contributed by atoms with E-state index < -0.39 is 23.5 Å². The molecule has 1 heterocycles. The molecule has 0 saturated carbocycles. The molecule has 6 heteroatoms. The van der Waals surface area contributed by atoms with Gasteiger partial charge in [0.25, 0.3) is 12.0 Å². The summed E-state index contributed by atoms with van der Waals surface area (Å²) in [5.74, 6) is -1.38. The number of aromatic nitrogens is 1. The third-order valence-corrected chi connectivity index (χ3v) is 1.76. The number of halogens is 4. The van der Waals surface area contributed by atoms with Crippen molar-refractivity contribution >= 4 is 11.6 Å². The van der Waals surface area contributed by atoms with Crippen LogP contribution < -0.4 is 5.56 Å². The summed E-state index contributed by atoms with van der Waals surface area (Å²) >= 11 is 5.28. The van der Waals surface area contributed by atoms with Crippen molar-refractivity contribution in [2.75, 3.05) is 0 Å². The largest absolute Gasteiger partial charge is 0.318 e. The molecule has 1 aromatic rings. The van der Waals surface area contributed by atoms with Crippen molar-refractivity contribution in [3.63, 3.8) is 0 Å². The van der Waals surface area contributed by atoms with E-state index in [0.29, 0.717) is 6.07 Å². The molecule has 1 aromatic heterocycles. The molecule has 0 spiro atoms. The second kappa shape index (κ2) is 3.83. The third-order valence-electron chi connectivity index (χ3n) is 1.47. The minimum absolute atomic E-state index is 0.103. The Labute approximate surface area is 76.3 Å². The first-order valence-corrected chi connectivity index (χ1v) is 3.85. The molecule has 0 saturated heterocycles. The average molecular weight is 212 g/mol. The summed E-state index contributed by atoms with van der Waals surface area (Å²) in [6.07, 6.45) is -2.86. The van der Waals surface area contributed by atoms with E-state index in [2.05, 4.69) is 0 Å². The second-order valence-electron chi connectivity index (χ2n) is 2.32. The molecule has 0 bridgehead atoms. The molecular weight excluding hydrogens is 207 g/mol. The van der Waals surface area contributed by atoms with Crippen molar-refractivity contribution < 1.29 is 13.2 Å². The van der Waals surface area contributed by atoms with Gasteiger partial charge in [-0.2, -0.15) is 0 Å². The molecule has 0 radical (unpaired) electrons. The number of hydrogen-bond acceptors (Lipinski definition) is 1. The van der Waals surface area contributed by atoms with Crippen LogP contribution in [0.25, 0.3) is 0 Å². The van der Waals surface area contributed by atoms with Gasteiger partial charge in [0, 0.05) is 5.88 Å². The summed E-state index contributed by atoms with van der Waals surface area (Å²) in [5, 5.41) is 0. The van der Waals surface area contributed by atoms with Crippen molar-refractivity contribution in [2.24, 2.45) is 0 Å². The van der Waals surface area contributed by atoms with Gasteiger partial charge >= 0.3 is 0 Å². The Bertz CT molecular complexity index is 363. The summed E-state index contributed by atoms with van der Waals surface area (Å²) in [6, 6.07) is 0.716. The summed E-state index contributed by atoms with van der Waals surface area (Å²) in [4.78, 5) is 12.3. The molecule has 1 rings (SSSR count). The highest BCUT2D eigenvalue weighted by Crippen LogP contribution is 2.20. The fourth-order valence-corrected chi connectivity index (χ4v) is 1.08. The summed E-state index contributed by atoms with van der Waals surface area (Å²) < 4.78 is 36.9. The molecule has 0 aliphatic carbocycles. The number of pyridine rings is 1.